The first-order chi connectivity index (χ1) is 16.1. The van der Waals surface area contributed by atoms with Gasteiger partial charge >= 0.3 is 6.18 Å². The van der Waals surface area contributed by atoms with Gasteiger partial charge in [-0.15, -0.1) is 0 Å². The van der Waals surface area contributed by atoms with Crippen LogP contribution in [0.5, 0.6) is 0 Å². The number of hydrogen-bond donors (Lipinski definition) is 1. The van der Waals surface area contributed by atoms with Gasteiger partial charge in [0.05, 0.1) is 21.6 Å². The summed E-state index contributed by atoms with van der Waals surface area (Å²) in [5.41, 5.74) is -0.0864. The van der Waals surface area contributed by atoms with E-state index in [1.165, 1.54) is 12.1 Å². The highest BCUT2D eigenvalue weighted by atomic mass is 35.5. The van der Waals surface area contributed by atoms with Crippen LogP contribution >= 0.6 is 11.6 Å². The topological polar surface area (TPSA) is 49.4 Å². The molecule has 2 aliphatic carbocycles. The smallest absolute Gasteiger partial charge is 0.349 e. The molecular formula is C25H23ClF4N2O2. The molecule has 34 heavy (non-hydrogen) atoms. The molecule has 1 heterocycles. The summed E-state index contributed by atoms with van der Waals surface area (Å²) in [6.45, 7) is 0.541. The van der Waals surface area contributed by atoms with Crippen LogP contribution in [0.15, 0.2) is 36.4 Å². The Hall–Kier alpha value is -2.61. The van der Waals surface area contributed by atoms with Crippen LogP contribution in [0.25, 0.3) is 0 Å². The maximum Gasteiger partial charge on any atom is 0.416 e. The highest BCUT2D eigenvalue weighted by Gasteiger charge is 2.59. The van der Waals surface area contributed by atoms with Gasteiger partial charge in [-0.2, -0.15) is 13.2 Å². The highest BCUT2D eigenvalue weighted by molar-refractivity contribution is 6.33. The van der Waals surface area contributed by atoms with Gasteiger partial charge < -0.3 is 10.2 Å². The Morgan fingerprint density at radius 2 is 1.79 bits per heavy atom. The summed E-state index contributed by atoms with van der Waals surface area (Å²) < 4.78 is 52.8. The molecule has 0 saturated heterocycles. The Bertz CT molecular complexity index is 1150. The molecule has 0 aromatic heterocycles. The second kappa shape index (κ2) is 8.26. The maximum atomic E-state index is 13.8. The molecule has 180 valence electrons. The van der Waals surface area contributed by atoms with Crippen LogP contribution in [-0.4, -0.2) is 24.4 Å². The molecule has 3 aliphatic rings. The molecule has 4 nitrogen and oxygen atoms in total. The van der Waals surface area contributed by atoms with Crippen LogP contribution in [0.3, 0.4) is 0 Å². The van der Waals surface area contributed by atoms with E-state index in [-0.39, 0.29) is 34.3 Å². The van der Waals surface area contributed by atoms with E-state index in [9.17, 15) is 27.2 Å². The summed E-state index contributed by atoms with van der Waals surface area (Å²) in [6.07, 6.45) is -0.255. The monoisotopic (exact) mass is 494 g/mol. The Kier molecular flexibility index (Phi) is 5.62. The molecule has 2 aromatic carbocycles. The normalized spacial score (nSPS) is 23.2. The standard InChI is InChI=1S/C25H23ClF4N2O2/c26-20-7-3-15(25(28,29)30)11-18(20)22(33)31-17-5-1-14(2-6-17)13-32-21-8-4-16(27)12-19(21)24(9-10-24)23(32)34/h3-4,7-8,11-12,14,17H,1-2,5-6,9-10,13H2,(H,31,33)/t14-,17-. The SMILES string of the molecule is O=C(N[C@H]1CC[C@H](CN2C(=O)C3(CC3)c3cc(F)ccc32)CC1)c1cc(C(F)(F)F)ccc1Cl. The van der Waals surface area contributed by atoms with Crippen LogP contribution < -0.4 is 10.2 Å². The minimum atomic E-state index is -4.56. The van der Waals surface area contributed by atoms with Gasteiger partial charge in [0.25, 0.3) is 5.91 Å². The zero-order valence-electron chi connectivity index (χ0n) is 18.2. The van der Waals surface area contributed by atoms with Crippen molar-refractivity contribution in [2.45, 2.75) is 56.2 Å². The van der Waals surface area contributed by atoms with Crippen LogP contribution in [-0.2, 0) is 16.4 Å². The van der Waals surface area contributed by atoms with Crippen molar-refractivity contribution in [2.75, 3.05) is 11.4 Å². The average molecular weight is 495 g/mol. The van der Waals surface area contributed by atoms with Gasteiger partial charge in [-0.3, -0.25) is 9.59 Å². The first-order valence-electron chi connectivity index (χ1n) is 11.4. The maximum absolute atomic E-state index is 13.8. The molecular weight excluding hydrogens is 472 g/mol. The summed E-state index contributed by atoms with van der Waals surface area (Å²) in [4.78, 5) is 27.5. The summed E-state index contributed by atoms with van der Waals surface area (Å²) in [5.74, 6) is -0.693. The minimum Gasteiger partial charge on any atom is -0.349 e. The van der Waals surface area contributed by atoms with E-state index in [4.69, 9.17) is 11.6 Å². The van der Waals surface area contributed by atoms with E-state index >= 15 is 0 Å². The van der Waals surface area contributed by atoms with E-state index in [1.807, 2.05) is 0 Å². The van der Waals surface area contributed by atoms with Crippen LogP contribution in [0.2, 0.25) is 5.02 Å². The third-order valence-corrected chi connectivity index (χ3v) is 7.66. The minimum absolute atomic E-state index is 0.0316. The predicted octanol–water partition coefficient (Wildman–Crippen LogP) is 5.86. The predicted molar refractivity (Wildman–Crippen MR) is 119 cm³/mol. The Morgan fingerprint density at radius 3 is 2.44 bits per heavy atom. The number of fused-ring (bicyclic) bond motifs is 2. The lowest BCUT2D eigenvalue weighted by Crippen LogP contribution is -2.41. The quantitative estimate of drug-likeness (QED) is 0.541. The number of carbonyl (C=O) groups is 2. The number of halogens is 5. The van der Waals surface area contributed by atoms with Gasteiger partial charge in [0.1, 0.15) is 5.82 Å². The van der Waals surface area contributed by atoms with Gasteiger partial charge in [0.15, 0.2) is 0 Å². The van der Waals surface area contributed by atoms with E-state index in [0.29, 0.717) is 19.4 Å². The zero-order chi connectivity index (χ0) is 24.3. The fourth-order valence-corrected chi connectivity index (χ4v) is 5.49. The van der Waals surface area contributed by atoms with E-state index in [0.717, 1.165) is 55.1 Å². The number of benzene rings is 2. The number of carbonyl (C=O) groups excluding carboxylic acids is 2. The molecule has 1 spiro atoms. The molecule has 9 heteroatoms. The molecule has 5 rings (SSSR count). The molecule has 2 fully saturated rings. The summed E-state index contributed by atoms with van der Waals surface area (Å²) in [5, 5.41) is 2.78. The van der Waals surface area contributed by atoms with Gasteiger partial charge in [-0.05, 0) is 86.4 Å². The lowest BCUT2D eigenvalue weighted by Gasteiger charge is -2.32. The molecule has 2 saturated carbocycles. The summed E-state index contributed by atoms with van der Waals surface area (Å²) in [7, 11) is 0. The van der Waals surface area contributed by atoms with Gasteiger partial charge in [-0.1, -0.05) is 11.6 Å². The van der Waals surface area contributed by atoms with Gasteiger partial charge in [0, 0.05) is 18.3 Å². The number of alkyl halides is 3. The Morgan fingerprint density at radius 1 is 1.09 bits per heavy atom. The largest absolute Gasteiger partial charge is 0.416 e. The van der Waals surface area contributed by atoms with Crippen molar-refractivity contribution in [3.63, 3.8) is 0 Å². The second-order valence-electron chi connectivity index (χ2n) is 9.54. The number of amides is 2. The molecule has 0 bridgehead atoms. The average Bonchev–Trinajstić information content (AvgIpc) is 3.56. The van der Waals surface area contributed by atoms with Gasteiger partial charge in [-0.25, -0.2) is 4.39 Å². The van der Waals surface area contributed by atoms with Crippen LogP contribution in [0, 0.1) is 11.7 Å². The number of hydrogen-bond acceptors (Lipinski definition) is 2. The number of rotatable bonds is 4. The first kappa shape index (κ1) is 23.1. The number of nitrogens with zero attached hydrogens (tertiary/aromatic N) is 1. The van der Waals surface area contributed by atoms with E-state index in [1.54, 1.807) is 11.0 Å². The zero-order valence-corrected chi connectivity index (χ0v) is 19.0. The Balaban J connectivity index is 1.20. The molecule has 0 atom stereocenters. The van der Waals surface area contributed by atoms with Crippen LogP contribution in [0.1, 0.15) is 60.0 Å². The van der Waals surface area contributed by atoms with Crippen molar-refractivity contribution in [2.24, 2.45) is 5.92 Å². The van der Waals surface area contributed by atoms with Crippen LogP contribution in [0.4, 0.5) is 23.2 Å². The molecule has 0 radical (unpaired) electrons. The van der Waals surface area contributed by atoms with Crippen molar-refractivity contribution >= 4 is 29.1 Å². The third kappa shape index (κ3) is 4.06. The van der Waals surface area contributed by atoms with E-state index in [2.05, 4.69) is 5.32 Å². The van der Waals surface area contributed by atoms with Gasteiger partial charge in [0.2, 0.25) is 5.91 Å². The summed E-state index contributed by atoms with van der Waals surface area (Å²) >= 11 is 5.98. The molecule has 2 aromatic rings. The molecule has 1 N–H and O–H groups in total. The third-order valence-electron chi connectivity index (χ3n) is 7.33. The van der Waals surface area contributed by atoms with Crippen molar-refractivity contribution in [3.05, 3.63) is 63.9 Å². The lowest BCUT2D eigenvalue weighted by atomic mass is 9.85. The summed E-state index contributed by atoms with van der Waals surface area (Å²) in [6, 6.07) is 7.07. The van der Waals surface area contributed by atoms with Crippen molar-refractivity contribution in [1.82, 2.24) is 5.32 Å². The van der Waals surface area contributed by atoms with Crippen molar-refractivity contribution in [3.8, 4) is 0 Å². The Labute approximate surface area is 199 Å². The molecule has 0 unspecified atom stereocenters. The van der Waals surface area contributed by atoms with Crippen molar-refractivity contribution < 1.29 is 27.2 Å². The second-order valence-corrected chi connectivity index (χ2v) is 9.95. The molecule has 2 amide bonds. The first-order valence-corrected chi connectivity index (χ1v) is 11.8. The molecule has 1 aliphatic heterocycles. The highest BCUT2D eigenvalue weighted by Crippen LogP contribution is 2.57. The number of anilines is 1. The lowest BCUT2D eigenvalue weighted by molar-refractivity contribution is -0.137. The fraction of sp³-hybridized carbons (Fsp3) is 0.440. The fourth-order valence-electron chi connectivity index (χ4n) is 5.29. The number of nitrogens with one attached hydrogen (secondary N) is 1. The van der Waals surface area contributed by atoms with E-state index < -0.39 is 23.1 Å². The van der Waals surface area contributed by atoms with Crippen molar-refractivity contribution in [1.29, 1.82) is 0 Å².